The van der Waals surface area contributed by atoms with E-state index in [2.05, 4.69) is 43.5 Å². The molecule has 4 aromatic rings. The Morgan fingerprint density at radius 2 is 1.55 bits per heavy atom. The second kappa shape index (κ2) is 4.25. The third kappa shape index (κ3) is 1.55. The molecule has 4 aromatic carbocycles. The smallest absolute Gasteiger partial charge is 0.0554 e. The molecule has 0 saturated heterocycles. The van der Waals surface area contributed by atoms with Crippen LogP contribution in [-0.2, 0) is 0 Å². The van der Waals surface area contributed by atoms with Gasteiger partial charge in [0, 0.05) is 0 Å². The summed E-state index contributed by atoms with van der Waals surface area (Å²) in [7, 11) is 0. The maximum Gasteiger partial charge on any atom is 0.0554 e. The van der Waals surface area contributed by atoms with E-state index in [4.69, 9.17) is 11.5 Å². The van der Waals surface area contributed by atoms with E-state index in [9.17, 15) is 0 Å². The lowest BCUT2D eigenvalue weighted by atomic mass is 9.91. The number of fused-ring (bicyclic) bond motifs is 2. The minimum absolute atomic E-state index is 0.613. The molecule has 0 spiro atoms. The fraction of sp³-hybridized carbons (Fsp3) is 0. The third-order valence-electron chi connectivity index (χ3n) is 4.39. The van der Waals surface area contributed by atoms with Gasteiger partial charge in [-0.25, -0.2) is 0 Å². The molecule has 0 fully saturated rings. The Labute approximate surface area is 128 Å². The van der Waals surface area contributed by atoms with Crippen LogP contribution < -0.4 is 16.7 Å². The lowest BCUT2D eigenvalue weighted by Crippen LogP contribution is -2.02. The molecule has 2 nitrogen and oxygen atoms in total. The van der Waals surface area contributed by atoms with Crippen LogP contribution in [-0.4, -0.2) is 0 Å². The van der Waals surface area contributed by atoms with Gasteiger partial charge >= 0.3 is 0 Å². The molecule has 0 aliphatic rings. The topological polar surface area (TPSA) is 52.0 Å². The molecule has 2 heteroatoms. The van der Waals surface area contributed by atoms with Crippen molar-refractivity contribution in [3.63, 3.8) is 0 Å². The van der Waals surface area contributed by atoms with Crippen LogP contribution in [0.25, 0.3) is 45.0 Å². The van der Waals surface area contributed by atoms with Crippen molar-refractivity contribution in [2.75, 3.05) is 11.5 Å². The van der Waals surface area contributed by atoms with Crippen LogP contribution in [0.5, 0.6) is 0 Å². The molecule has 22 heavy (non-hydrogen) atoms. The third-order valence-corrected chi connectivity index (χ3v) is 4.39. The van der Waals surface area contributed by atoms with Gasteiger partial charge in [0.1, 0.15) is 0 Å². The predicted molar refractivity (Wildman–Crippen MR) is 98.6 cm³/mol. The summed E-state index contributed by atoms with van der Waals surface area (Å²) >= 11 is 0. The fourth-order valence-electron chi connectivity index (χ4n) is 3.31. The first-order valence-electron chi connectivity index (χ1n) is 7.18. The number of benzene rings is 4. The van der Waals surface area contributed by atoms with Gasteiger partial charge in [0.05, 0.1) is 11.4 Å². The molecule has 0 radical (unpaired) electrons. The zero-order valence-corrected chi connectivity index (χ0v) is 12.2. The maximum atomic E-state index is 6.01. The van der Waals surface area contributed by atoms with Crippen molar-refractivity contribution in [2.24, 2.45) is 0 Å². The Morgan fingerprint density at radius 1 is 0.773 bits per heavy atom. The van der Waals surface area contributed by atoms with E-state index >= 15 is 0 Å². The molecule has 4 rings (SSSR count). The lowest BCUT2D eigenvalue weighted by Gasteiger charge is -2.13. The second-order valence-corrected chi connectivity index (χ2v) is 5.68. The van der Waals surface area contributed by atoms with Crippen LogP contribution in [0.15, 0.2) is 49.0 Å². The summed E-state index contributed by atoms with van der Waals surface area (Å²) in [6, 6.07) is 14.4. The van der Waals surface area contributed by atoms with Gasteiger partial charge in [-0.3, -0.25) is 0 Å². The minimum Gasteiger partial charge on any atom is -0.397 e. The average molecular weight is 284 g/mol. The van der Waals surface area contributed by atoms with Gasteiger partial charge in [-0.15, -0.1) is 0 Å². The molecule has 4 N–H and O–H groups in total. The summed E-state index contributed by atoms with van der Waals surface area (Å²) in [4.78, 5) is 0. The van der Waals surface area contributed by atoms with Crippen molar-refractivity contribution in [3.8, 4) is 0 Å². The van der Waals surface area contributed by atoms with E-state index in [-0.39, 0.29) is 0 Å². The fourth-order valence-corrected chi connectivity index (χ4v) is 3.31. The Balaban J connectivity index is 2.38. The molecule has 0 heterocycles. The number of nitrogen functional groups attached to an aromatic ring is 2. The largest absolute Gasteiger partial charge is 0.397 e. The first-order chi connectivity index (χ1) is 10.6. The van der Waals surface area contributed by atoms with E-state index in [0.29, 0.717) is 11.4 Å². The first kappa shape index (κ1) is 12.7. The average Bonchev–Trinajstić information content (AvgIpc) is 2.52. The molecule has 0 unspecified atom stereocenters. The highest BCUT2D eigenvalue weighted by Crippen LogP contribution is 2.36. The van der Waals surface area contributed by atoms with Crippen molar-refractivity contribution in [2.45, 2.75) is 0 Å². The molecule has 0 bridgehead atoms. The molecule has 0 saturated carbocycles. The number of nitrogens with two attached hydrogens (primary N) is 2. The molecule has 0 aliphatic heterocycles. The summed E-state index contributed by atoms with van der Waals surface area (Å²) in [5, 5.41) is 7.94. The summed E-state index contributed by atoms with van der Waals surface area (Å²) in [5.74, 6) is 0. The van der Waals surface area contributed by atoms with Gasteiger partial charge in [0.15, 0.2) is 0 Å². The quantitative estimate of drug-likeness (QED) is 0.314. The van der Waals surface area contributed by atoms with Gasteiger partial charge in [0.2, 0.25) is 0 Å². The second-order valence-electron chi connectivity index (χ2n) is 5.68. The normalized spacial score (nSPS) is 11.5. The van der Waals surface area contributed by atoms with Gasteiger partial charge in [0.25, 0.3) is 0 Å². The molecule has 0 aliphatic carbocycles. The Morgan fingerprint density at radius 3 is 2.32 bits per heavy atom. The summed E-state index contributed by atoms with van der Waals surface area (Å²) in [6.07, 6.45) is 1.88. The molecule has 0 aromatic heterocycles. The summed E-state index contributed by atoms with van der Waals surface area (Å²) in [6.45, 7) is 8.10. The van der Waals surface area contributed by atoms with Gasteiger partial charge < -0.3 is 11.5 Å². The van der Waals surface area contributed by atoms with Crippen molar-refractivity contribution in [1.82, 2.24) is 0 Å². The Bertz CT molecular complexity index is 1120. The van der Waals surface area contributed by atoms with Crippen LogP contribution in [0.3, 0.4) is 0 Å². The highest BCUT2D eigenvalue weighted by atomic mass is 14.7. The highest BCUT2D eigenvalue weighted by Gasteiger charge is 2.11. The zero-order chi connectivity index (χ0) is 15.4. The Kier molecular flexibility index (Phi) is 2.46. The lowest BCUT2D eigenvalue weighted by molar-refractivity contribution is 1.69. The number of anilines is 2. The Hall–Kier alpha value is -3.00. The van der Waals surface area contributed by atoms with Crippen LogP contribution in [0.4, 0.5) is 11.4 Å². The monoisotopic (exact) mass is 284 g/mol. The standard InChI is InChI=1S/C20H16N2/c1-3-12-6-7-15-16-10-18(22)17(21)9-14(16)8-13-5-4-11(2)19(12)20(13)15/h3-10H,1-2,21-22H2. The van der Waals surface area contributed by atoms with Crippen molar-refractivity contribution < 1.29 is 0 Å². The SMILES string of the molecule is C=Cc1ccc2c3cc(N)c(N)cc3cc3ccc(=C)c1c32. The predicted octanol–water partition coefficient (Wildman–Crippen LogP) is 4.08. The van der Waals surface area contributed by atoms with E-state index < -0.39 is 0 Å². The summed E-state index contributed by atoms with van der Waals surface area (Å²) in [5.41, 5.74) is 14.3. The van der Waals surface area contributed by atoms with E-state index in [0.717, 1.165) is 26.9 Å². The van der Waals surface area contributed by atoms with Crippen LogP contribution >= 0.6 is 0 Å². The van der Waals surface area contributed by atoms with E-state index in [1.165, 1.54) is 16.2 Å². The van der Waals surface area contributed by atoms with Gasteiger partial charge in [-0.1, -0.05) is 43.5 Å². The number of hydrogen-bond acceptors (Lipinski definition) is 2. The molecule has 0 atom stereocenters. The number of hydrogen-bond donors (Lipinski definition) is 2. The van der Waals surface area contributed by atoms with Crippen LogP contribution in [0.1, 0.15) is 5.56 Å². The van der Waals surface area contributed by atoms with E-state index in [1.807, 2.05) is 18.2 Å². The van der Waals surface area contributed by atoms with Crippen LogP contribution in [0, 0.1) is 0 Å². The number of rotatable bonds is 1. The highest BCUT2D eigenvalue weighted by molar-refractivity contribution is 6.23. The van der Waals surface area contributed by atoms with Crippen LogP contribution in [0.2, 0.25) is 0 Å². The molecular weight excluding hydrogens is 268 g/mol. The maximum absolute atomic E-state index is 6.01. The van der Waals surface area contributed by atoms with Crippen molar-refractivity contribution >= 4 is 56.3 Å². The molecule has 106 valence electrons. The van der Waals surface area contributed by atoms with Crippen molar-refractivity contribution in [1.29, 1.82) is 0 Å². The van der Waals surface area contributed by atoms with Gasteiger partial charge in [-0.2, -0.15) is 0 Å². The molecule has 0 amide bonds. The first-order valence-corrected chi connectivity index (χ1v) is 7.18. The van der Waals surface area contributed by atoms with Crippen molar-refractivity contribution in [3.05, 3.63) is 59.8 Å². The minimum atomic E-state index is 0.613. The summed E-state index contributed by atoms with van der Waals surface area (Å²) < 4.78 is 0. The van der Waals surface area contributed by atoms with E-state index in [1.54, 1.807) is 0 Å². The zero-order valence-electron chi connectivity index (χ0n) is 12.2. The van der Waals surface area contributed by atoms with Gasteiger partial charge in [-0.05, 0) is 61.3 Å². The molecular formula is C20H16N2.